The quantitative estimate of drug-likeness (QED) is 0.575. The van der Waals surface area contributed by atoms with E-state index in [0.29, 0.717) is 5.54 Å². The summed E-state index contributed by atoms with van der Waals surface area (Å²) < 4.78 is 0. The van der Waals surface area contributed by atoms with Gasteiger partial charge in [-0.15, -0.1) is 0 Å². The molecule has 178 valence electrons. The van der Waals surface area contributed by atoms with Gasteiger partial charge in [0.25, 0.3) is 0 Å². The monoisotopic (exact) mass is 452 g/mol. The van der Waals surface area contributed by atoms with Crippen molar-refractivity contribution in [3.05, 3.63) is 35.4 Å². The first kappa shape index (κ1) is 18.4. The highest BCUT2D eigenvalue weighted by Gasteiger charge is 3.08. The summed E-state index contributed by atoms with van der Waals surface area (Å²) in [7, 11) is 0. The number of aryl methyl sites for hydroxylation is 1. The van der Waals surface area contributed by atoms with Gasteiger partial charge in [0.2, 0.25) is 0 Å². The Hall–Kier alpha value is -0.860. The van der Waals surface area contributed by atoms with Gasteiger partial charge in [-0.3, -0.25) is 0 Å². The van der Waals surface area contributed by atoms with Crippen LogP contribution >= 0.6 is 0 Å². The molecule has 1 aromatic rings. The van der Waals surface area contributed by atoms with Crippen molar-refractivity contribution < 1.29 is 0 Å². The van der Waals surface area contributed by atoms with Crippen LogP contribution in [-0.2, 0) is 6.42 Å². The van der Waals surface area contributed by atoms with Gasteiger partial charge in [0.1, 0.15) is 0 Å². The number of nitrogens with zero attached hydrogens (tertiary/aromatic N) is 2. The number of benzene rings is 1. The highest BCUT2D eigenvalue weighted by atomic mass is 15.7. The number of rotatable bonds is 4. The second kappa shape index (κ2) is 5.38. The van der Waals surface area contributed by atoms with Crippen molar-refractivity contribution in [2.75, 3.05) is 19.6 Å². The summed E-state index contributed by atoms with van der Waals surface area (Å²) in [4.78, 5) is 0. The fourth-order valence-corrected chi connectivity index (χ4v) is 14.8. The third kappa shape index (κ3) is 1.46. The summed E-state index contributed by atoms with van der Waals surface area (Å²) in [6.45, 7) is 4.09. The molecular weight excluding hydrogens is 412 g/mol. The topological polar surface area (TPSA) is 6.48 Å². The molecule has 9 saturated carbocycles. The minimum Gasteiger partial charge on any atom is -0.241 e. The van der Waals surface area contributed by atoms with E-state index in [2.05, 4.69) is 34.3 Å². The van der Waals surface area contributed by atoms with Crippen LogP contribution in [0.5, 0.6) is 0 Å². The molecule has 12 aliphatic rings. The summed E-state index contributed by atoms with van der Waals surface area (Å²) in [6, 6.07) is 9.89. The minimum atomic E-state index is 0.465. The van der Waals surface area contributed by atoms with Gasteiger partial charge in [-0.1, -0.05) is 24.3 Å². The molecule has 2 nitrogen and oxygen atoms in total. The molecule has 0 radical (unpaired) electrons. The van der Waals surface area contributed by atoms with E-state index in [-0.39, 0.29) is 0 Å². The highest BCUT2D eigenvalue weighted by Crippen LogP contribution is 3.09. The zero-order chi connectivity index (χ0) is 21.6. The SMILES string of the molecule is c1ccc2c(c1)CCCC2C1(C23C4C5C6C4C2C6C53)C(C23CC(C2)C3)CCCN1N1CCCC1. The van der Waals surface area contributed by atoms with Crippen molar-refractivity contribution in [3.63, 3.8) is 0 Å². The van der Waals surface area contributed by atoms with Crippen molar-refractivity contribution in [2.45, 2.75) is 75.7 Å². The molecule has 2 saturated heterocycles. The molecule has 3 unspecified atom stereocenters. The van der Waals surface area contributed by atoms with Crippen LogP contribution < -0.4 is 0 Å². The summed E-state index contributed by atoms with van der Waals surface area (Å²) in [6.07, 6.45) is 15.0. The molecule has 34 heavy (non-hydrogen) atoms. The number of hydrogen-bond acceptors (Lipinski definition) is 2. The van der Waals surface area contributed by atoms with Gasteiger partial charge in [0.15, 0.2) is 0 Å². The molecule has 2 heteroatoms. The molecule has 2 bridgehead atoms. The third-order valence-electron chi connectivity index (χ3n) is 15.1. The number of fused-ring (bicyclic) bond motifs is 1. The Morgan fingerprint density at radius 2 is 1.47 bits per heavy atom. The van der Waals surface area contributed by atoms with E-state index in [0.717, 1.165) is 46.3 Å². The minimum absolute atomic E-state index is 0.465. The Kier molecular flexibility index (Phi) is 2.91. The highest BCUT2D eigenvalue weighted by molar-refractivity contribution is 5.56. The Bertz CT molecular complexity index is 1060. The van der Waals surface area contributed by atoms with E-state index in [1.165, 1.54) is 81.8 Å². The first-order chi connectivity index (χ1) is 16.8. The predicted molar refractivity (Wildman–Crippen MR) is 132 cm³/mol. The Labute approximate surface area is 204 Å². The van der Waals surface area contributed by atoms with E-state index < -0.39 is 0 Å². The Morgan fingerprint density at radius 3 is 2.18 bits per heavy atom. The van der Waals surface area contributed by atoms with Crippen LogP contribution in [0, 0.1) is 64.1 Å². The second-order valence-corrected chi connectivity index (χ2v) is 15.1. The molecular formula is C32H40N2. The van der Waals surface area contributed by atoms with E-state index in [9.17, 15) is 0 Å². The van der Waals surface area contributed by atoms with Gasteiger partial charge >= 0.3 is 0 Å². The van der Waals surface area contributed by atoms with Gasteiger partial charge in [-0.25, -0.2) is 10.0 Å². The van der Waals surface area contributed by atoms with Crippen LogP contribution in [0.25, 0.3) is 0 Å². The summed E-state index contributed by atoms with van der Waals surface area (Å²) >= 11 is 0. The average Bonchev–Trinajstić information content (AvgIpc) is 3.37. The number of hydrazine groups is 1. The molecule has 2 heterocycles. The Morgan fingerprint density at radius 1 is 0.735 bits per heavy atom. The van der Waals surface area contributed by atoms with Gasteiger partial charge in [0, 0.05) is 31.0 Å². The smallest absolute Gasteiger partial charge is 0.0523 e. The second-order valence-electron chi connectivity index (χ2n) is 15.1. The van der Waals surface area contributed by atoms with Gasteiger partial charge in [0.05, 0.1) is 5.54 Å². The maximum atomic E-state index is 3.25. The van der Waals surface area contributed by atoms with Crippen molar-refractivity contribution >= 4 is 0 Å². The summed E-state index contributed by atoms with van der Waals surface area (Å²) in [5.74, 6) is 11.2. The zero-order valence-corrected chi connectivity index (χ0v) is 20.7. The first-order valence-electron chi connectivity index (χ1n) is 15.4. The van der Waals surface area contributed by atoms with Crippen LogP contribution in [0.3, 0.4) is 0 Å². The molecule has 2 aliphatic heterocycles. The summed E-state index contributed by atoms with van der Waals surface area (Å²) in [5, 5.41) is 6.24. The fourth-order valence-electron chi connectivity index (χ4n) is 14.8. The number of hydrogen-bond donors (Lipinski definition) is 0. The first-order valence-corrected chi connectivity index (χ1v) is 15.4. The average molecular weight is 453 g/mol. The van der Waals surface area contributed by atoms with Crippen molar-refractivity contribution in [1.82, 2.24) is 10.0 Å². The maximum absolute atomic E-state index is 3.25. The maximum Gasteiger partial charge on any atom is 0.0523 e. The van der Waals surface area contributed by atoms with Gasteiger partial charge in [-0.05, 0) is 134 Å². The molecule has 10 aliphatic carbocycles. The van der Waals surface area contributed by atoms with E-state index in [1.807, 2.05) is 5.56 Å². The number of piperidine rings is 1. The van der Waals surface area contributed by atoms with Crippen molar-refractivity contribution in [3.8, 4) is 0 Å². The molecule has 3 atom stereocenters. The lowest BCUT2D eigenvalue weighted by molar-refractivity contribution is -0.644. The lowest BCUT2D eigenvalue weighted by atomic mass is 8.94. The van der Waals surface area contributed by atoms with Crippen LogP contribution in [0.1, 0.15) is 74.8 Å². The standard InChI is InChI=1S/C32H40N2/c1-2-9-20-19(7-1)8-5-10-21(20)32(31-27-24-23-25(27)29(31)26(23)28(24)31)22(30-15-18(16-30)17-30)11-6-14-34(32)33-12-3-4-13-33/h1-2,7,9,18,21-29H,3-6,8,10-17H2. The molecule has 1 aromatic carbocycles. The lowest BCUT2D eigenvalue weighted by Gasteiger charge is -3.11. The molecule has 0 amide bonds. The van der Waals surface area contributed by atoms with E-state index >= 15 is 0 Å². The van der Waals surface area contributed by atoms with Crippen molar-refractivity contribution in [2.24, 2.45) is 64.1 Å². The van der Waals surface area contributed by atoms with Gasteiger partial charge < -0.3 is 0 Å². The van der Waals surface area contributed by atoms with Crippen LogP contribution in [0.2, 0.25) is 0 Å². The van der Waals surface area contributed by atoms with Gasteiger partial charge in [-0.2, -0.15) is 0 Å². The largest absolute Gasteiger partial charge is 0.241 e. The molecule has 0 spiro atoms. The molecule has 13 rings (SSSR count). The zero-order valence-electron chi connectivity index (χ0n) is 20.7. The van der Waals surface area contributed by atoms with Crippen LogP contribution in [-0.4, -0.2) is 35.2 Å². The fraction of sp³-hybridized carbons (Fsp3) is 0.812. The summed E-state index contributed by atoms with van der Waals surface area (Å²) in [5.41, 5.74) is 5.50. The normalized spacial score (nSPS) is 63.1. The predicted octanol–water partition coefficient (Wildman–Crippen LogP) is 5.74. The molecule has 11 fully saturated rings. The molecule has 0 N–H and O–H groups in total. The molecule has 0 aromatic heterocycles. The van der Waals surface area contributed by atoms with E-state index in [1.54, 1.807) is 31.2 Å². The Balaban J connectivity index is 1.18. The van der Waals surface area contributed by atoms with Crippen LogP contribution in [0.15, 0.2) is 24.3 Å². The lowest BCUT2D eigenvalue weighted by Crippen LogP contribution is -3.10. The van der Waals surface area contributed by atoms with Crippen LogP contribution in [0.4, 0.5) is 0 Å². The van der Waals surface area contributed by atoms with E-state index in [4.69, 9.17) is 0 Å². The van der Waals surface area contributed by atoms with Crippen molar-refractivity contribution in [1.29, 1.82) is 0 Å². The third-order valence-corrected chi connectivity index (χ3v) is 15.1.